The number of fused-ring (bicyclic) bond motifs is 2. The van der Waals surface area contributed by atoms with Gasteiger partial charge in [-0.05, 0) is 49.1 Å². The Hall–Kier alpha value is -3.30. The van der Waals surface area contributed by atoms with E-state index < -0.39 is 0 Å². The van der Waals surface area contributed by atoms with Crippen molar-refractivity contribution in [2.45, 2.75) is 46.7 Å². The summed E-state index contributed by atoms with van der Waals surface area (Å²) in [6, 6.07) is 6.38. The van der Waals surface area contributed by atoms with Crippen molar-refractivity contribution in [2.75, 3.05) is 23.8 Å². The van der Waals surface area contributed by atoms with Crippen LogP contribution in [0.2, 0.25) is 0 Å². The van der Waals surface area contributed by atoms with Crippen LogP contribution in [-0.4, -0.2) is 33.1 Å². The van der Waals surface area contributed by atoms with Crippen LogP contribution < -0.4 is 21.1 Å². The molecule has 0 aliphatic carbocycles. The fourth-order valence-electron chi connectivity index (χ4n) is 4.69. The minimum absolute atomic E-state index is 0.293. The minimum atomic E-state index is 0.293. The number of anilines is 2. The number of nitrogen functional groups attached to an aromatic ring is 1. The molecular formula is C25H29N7OS. The molecule has 8 nitrogen and oxygen atoms in total. The molecule has 0 bridgehead atoms. The summed E-state index contributed by atoms with van der Waals surface area (Å²) >= 11 is 1.40. The molecule has 0 amide bonds. The quantitative estimate of drug-likeness (QED) is 0.448. The summed E-state index contributed by atoms with van der Waals surface area (Å²) in [7, 11) is 0. The van der Waals surface area contributed by atoms with Crippen LogP contribution in [0.4, 0.5) is 10.9 Å². The van der Waals surface area contributed by atoms with Crippen LogP contribution in [-0.2, 0) is 13.1 Å². The summed E-state index contributed by atoms with van der Waals surface area (Å²) in [4.78, 5) is 21.6. The van der Waals surface area contributed by atoms with E-state index >= 15 is 0 Å². The van der Waals surface area contributed by atoms with Gasteiger partial charge >= 0.3 is 0 Å². The van der Waals surface area contributed by atoms with Crippen molar-refractivity contribution in [3.63, 3.8) is 0 Å². The van der Waals surface area contributed by atoms with Crippen molar-refractivity contribution in [1.29, 1.82) is 0 Å². The van der Waals surface area contributed by atoms with Crippen molar-refractivity contribution in [1.82, 2.24) is 19.9 Å². The summed E-state index contributed by atoms with van der Waals surface area (Å²) in [5, 5.41) is 0.528. The predicted octanol–water partition coefficient (Wildman–Crippen LogP) is 4.33. The van der Waals surface area contributed by atoms with Crippen LogP contribution in [0, 0.1) is 13.8 Å². The second-order valence-corrected chi connectivity index (χ2v) is 9.98. The zero-order valence-corrected chi connectivity index (χ0v) is 20.7. The molecule has 3 aromatic heterocycles. The van der Waals surface area contributed by atoms with Crippen LogP contribution in [0.15, 0.2) is 24.4 Å². The summed E-state index contributed by atoms with van der Waals surface area (Å²) in [6.07, 6.45) is 1.88. The number of hydrogen-bond acceptors (Lipinski definition) is 9. The first-order valence-electron chi connectivity index (χ1n) is 11.4. The van der Waals surface area contributed by atoms with Crippen LogP contribution >= 0.6 is 11.3 Å². The second kappa shape index (κ2) is 8.81. The lowest BCUT2D eigenvalue weighted by Gasteiger charge is -2.26. The Morgan fingerprint density at radius 3 is 2.71 bits per heavy atom. The SMILES string of the molecule is Cc1cc(-c2cnc3sc(N)nc3c2)cc2c1OCCN(c1nc(CN)nc(C)c1C(C)C)C2. The predicted molar refractivity (Wildman–Crippen MR) is 137 cm³/mol. The average Bonchev–Trinajstić information content (AvgIpc) is 3.03. The molecule has 0 saturated heterocycles. The third kappa shape index (κ3) is 4.05. The number of aryl methyl sites for hydroxylation is 2. The summed E-state index contributed by atoms with van der Waals surface area (Å²) in [5.74, 6) is 2.84. The number of hydrogen-bond donors (Lipinski definition) is 2. The molecule has 0 saturated carbocycles. The van der Waals surface area contributed by atoms with Crippen LogP contribution in [0.1, 0.15) is 48.0 Å². The van der Waals surface area contributed by atoms with E-state index in [1.807, 2.05) is 19.2 Å². The maximum absolute atomic E-state index is 6.23. The Labute approximate surface area is 203 Å². The molecule has 0 fully saturated rings. The first-order valence-corrected chi connectivity index (χ1v) is 12.3. The molecule has 0 radical (unpaired) electrons. The molecule has 9 heteroatoms. The summed E-state index contributed by atoms with van der Waals surface area (Å²) in [5.41, 5.74) is 19.0. The zero-order valence-electron chi connectivity index (χ0n) is 19.9. The van der Waals surface area contributed by atoms with Crippen LogP contribution in [0.5, 0.6) is 5.75 Å². The number of nitrogens with two attached hydrogens (primary N) is 2. The molecule has 5 rings (SSSR count). The number of ether oxygens (including phenoxy) is 1. The highest BCUT2D eigenvalue weighted by molar-refractivity contribution is 7.21. The van der Waals surface area contributed by atoms with E-state index in [1.54, 1.807) is 0 Å². The normalized spacial score (nSPS) is 13.8. The molecule has 0 atom stereocenters. The van der Waals surface area contributed by atoms with Gasteiger partial charge in [0.15, 0.2) is 5.13 Å². The van der Waals surface area contributed by atoms with Gasteiger partial charge in [0.2, 0.25) is 0 Å². The molecule has 4 heterocycles. The van der Waals surface area contributed by atoms with E-state index in [-0.39, 0.29) is 0 Å². The van der Waals surface area contributed by atoms with Crippen molar-refractivity contribution in [3.05, 3.63) is 52.6 Å². The molecular weight excluding hydrogens is 446 g/mol. The number of aromatic nitrogens is 4. The first kappa shape index (κ1) is 22.5. The molecule has 4 aromatic rings. The van der Waals surface area contributed by atoms with Gasteiger partial charge in [0, 0.05) is 35.1 Å². The summed E-state index contributed by atoms with van der Waals surface area (Å²) < 4.78 is 6.23. The minimum Gasteiger partial charge on any atom is -0.491 e. The zero-order chi connectivity index (χ0) is 24.0. The van der Waals surface area contributed by atoms with Crippen molar-refractivity contribution >= 4 is 32.6 Å². The third-order valence-electron chi connectivity index (χ3n) is 6.14. The largest absolute Gasteiger partial charge is 0.491 e. The second-order valence-electron chi connectivity index (χ2n) is 8.97. The fourth-order valence-corrected chi connectivity index (χ4v) is 5.35. The Balaban J connectivity index is 1.58. The number of rotatable bonds is 4. The van der Waals surface area contributed by atoms with Gasteiger partial charge in [0.1, 0.15) is 34.3 Å². The van der Waals surface area contributed by atoms with Gasteiger partial charge in [-0.15, -0.1) is 0 Å². The maximum Gasteiger partial charge on any atom is 0.182 e. The highest BCUT2D eigenvalue weighted by Gasteiger charge is 2.24. The van der Waals surface area contributed by atoms with Crippen LogP contribution in [0.25, 0.3) is 21.5 Å². The smallest absolute Gasteiger partial charge is 0.182 e. The Morgan fingerprint density at radius 1 is 1.12 bits per heavy atom. The molecule has 176 valence electrons. The number of pyridine rings is 1. The van der Waals surface area contributed by atoms with E-state index in [0.29, 0.717) is 36.6 Å². The van der Waals surface area contributed by atoms with E-state index in [2.05, 4.69) is 52.8 Å². The first-order chi connectivity index (χ1) is 16.3. The van der Waals surface area contributed by atoms with Gasteiger partial charge in [-0.3, -0.25) is 0 Å². The molecule has 1 aromatic carbocycles. The molecule has 1 aliphatic heterocycles. The van der Waals surface area contributed by atoms with Gasteiger partial charge in [-0.2, -0.15) is 0 Å². The van der Waals surface area contributed by atoms with Gasteiger partial charge in [0.05, 0.1) is 13.1 Å². The lowest BCUT2D eigenvalue weighted by Crippen LogP contribution is -2.29. The number of benzene rings is 1. The maximum atomic E-state index is 6.23. The van der Waals surface area contributed by atoms with Crippen molar-refractivity contribution in [3.8, 4) is 16.9 Å². The van der Waals surface area contributed by atoms with E-state index in [4.69, 9.17) is 21.2 Å². The fraction of sp³-hybridized carbons (Fsp3) is 0.360. The van der Waals surface area contributed by atoms with Crippen molar-refractivity contribution < 1.29 is 4.74 Å². The van der Waals surface area contributed by atoms with Crippen LogP contribution in [0.3, 0.4) is 0 Å². The topological polar surface area (TPSA) is 116 Å². The van der Waals surface area contributed by atoms with Gasteiger partial charge in [0.25, 0.3) is 0 Å². The molecule has 34 heavy (non-hydrogen) atoms. The third-order valence-corrected chi connectivity index (χ3v) is 6.95. The van der Waals surface area contributed by atoms with Gasteiger partial charge in [-0.25, -0.2) is 19.9 Å². The van der Waals surface area contributed by atoms with E-state index in [9.17, 15) is 0 Å². The summed E-state index contributed by atoms with van der Waals surface area (Å²) in [6.45, 7) is 10.8. The monoisotopic (exact) mass is 475 g/mol. The van der Waals surface area contributed by atoms with E-state index in [0.717, 1.165) is 62.0 Å². The number of nitrogens with zero attached hydrogens (tertiary/aromatic N) is 5. The highest BCUT2D eigenvalue weighted by Crippen LogP contribution is 2.36. The Bertz CT molecular complexity index is 1380. The molecule has 0 unspecified atom stereocenters. The number of thiazole rings is 1. The molecule has 4 N–H and O–H groups in total. The molecule has 0 spiro atoms. The van der Waals surface area contributed by atoms with Crippen molar-refractivity contribution in [2.24, 2.45) is 5.73 Å². The van der Waals surface area contributed by atoms with Gasteiger partial charge in [-0.1, -0.05) is 25.2 Å². The standard InChI is InChI=1S/C25H29N7OS/c1-13(2)21-15(4)29-20(10-26)31-23(21)32-5-6-33-22-14(3)7-16(8-18(22)12-32)17-9-19-24(28-11-17)34-25(27)30-19/h7-9,11,13H,5-6,10,12,26H2,1-4H3,(H2,27,30). The lowest BCUT2D eigenvalue weighted by molar-refractivity contribution is 0.329. The lowest BCUT2D eigenvalue weighted by atomic mass is 9.99. The van der Waals surface area contributed by atoms with E-state index in [1.165, 1.54) is 11.3 Å². The Morgan fingerprint density at radius 2 is 1.94 bits per heavy atom. The highest BCUT2D eigenvalue weighted by atomic mass is 32.1. The molecule has 1 aliphatic rings. The van der Waals surface area contributed by atoms with Gasteiger partial charge < -0.3 is 21.1 Å². The average molecular weight is 476 g/mol. The Kier molecular flexibility index (Phi) is 5.83.